The molecule has 7 heteroatoms. The van der Waals surface area contributed by atoms with E-state index >= 15 is 0 Å². The van der Waals surface area contributed by atoms with Gasteiger partial charge in [-0.25, -0.2) is 0 Å². The number of nitrogens with zero attached hydrogens (tertiary/aromatic N) is 1. The molecule has 0 rings (SSSR count). The van der Waals surface area contributed by atoms with Gasteiger partial charge in [-0.15, -0.1) is 0 Å². The summed E-state index contributed by atoms with van der Waals surface area (Å²) >= 11 is 0. The quantitative estimate of drug-likeness (QED) is 0.140. The molecule has 1 amide bonds. The second kappa shape index (κ2) is 21.0. The number of rotatable bonds is 18. The fourth-order valence-corrected chi connectivity index (χ4v) is 3.42. The topological polar surface area (TPSA) is 74.7 Å². The van der Waals surface area contributed by atoms with Crippen LogP contribution in [0.25, 0.3) is 0 Å². The summed E-state index contributed by atoms with van der Waals surface area (Å²) < 4.78 is 30.1. The maximum absolute atomic E-state index is 11.8. The van der Waals surface area contributed by atoms with Gasteiger partial charge in [0.05, 0.1) is 5.75 Å². The Morgan fingerprint density at radius 2 is 1.32 bits per heavy atom. The van der Waals surface area contributed by atoms with Gasteiger partial charge in [-0.2, -0.15) is 8.42 Å². The van der Waals surface area contributed by atoms with Crippen LogP contribution in [0.15, 0.2) is 12.2 Å². The van der Waals surface area contributed by atoms with Crippen LogP contribution in [-0.2, 0) is 14.9 Å². The molecule has 0 heterocycles. The Hall–Kier alpha value is 0.756. The number of hydrogen-bond donors (Lipinski definition) is 1. The molecule has 0 aliphatic carbocycles. The number of carbonyl (C=O) groups is 1. The number of hydrogen-bond acceptors (Lipinski definition) is 3. The molecule has 5 nitrogen and oxygen atoms in total. The second-order valence-corrected chi connectivity index (χ2v) is 9.01. The zero-order valence-electron chi connectivity index (χ0n) is 18.5. The molecular formula is C21H41KNO4S. The van der Waals surface area contributed by atoms with Crippen LogP contribution in [-0.4, -0.2) is 94.5 Å². The number of unbranched alkanes of at least 4 members (excludes halogenated alkanes) is 11. The summed E-state index contributed by atoms with van der Waals surface area (Å²) in [4.78, 5) is 13.2. The first kappa shape index (κ1) is 30.9. The van der Waals surface area contributed by atoms with Crippen molar-refractivity contribution >= 4 is 67.4 Å². The van der Waals surface area contributed by atoms with Crippen LogP contribution in [0.3, 0.4) is 0 Å². The van der Waals surface area contributed by atoms with Crippen LogP contribution in [0.4, 0.5) is 0 Å². The minimum Gasteiger partial charge on any atom is -0.345 e. The molecule has 1 N–H and O–H groups in total. The molecule has 1 radical (unpaired) electrons. The first-order valence-electron chi connectivity index (χ1n) is 10.7. The minimum absolute atomic E-state index is 0. The van der Waals surface area contributed by atoms with E-state index in [1.54, 1.807) is 7.05 Å². The summed E-state index contributed by atoms with van der Waals surface area (Å²) in [5, 5.41) is 0. The van der Waals surface area contributed by atoms with Crippen molar-refractivity contribution < 1.29 is 17.8 Å². The van der Waals surface area contributed by atoms with Gasteiger partial charge >= 0.3 is 0 Å². The molecule has 0 spiro atoms. The van der Waals surface area contributed by atoms with Crippen molar-refractivity contribution in [2.75, 3.05) is 19.3 Å². The van der Waals surface area contributed by atoms with Gasteiger partial charge in [0.2, 0.25) is 5.91 Å². The third kappa shape index (κ3) is 23.0. The van der Waals surface area contributed by atoms with E-state index in [0.717, 1.165) is 25.7 Å². The Balaban J connectivity index is 0. The molecule has 0 atom stereocenters. The van der Waals surface area contributed by atoms with Gasteiger partial charge in [-0.05, 0) is 32.1 Å². The van der Waals surface area contributed by atoms with Crippen molar-refractivity contribution in [2.24, 2.45) is 0 Å². The monoisotopic (exact) mass is 442 g/mol. The molecule has 0 aromatic carbocycles. The third-order valence-corrected chi connectivity index (χ3v) is 5.46. The summed E-state index contributed by atoms with van der Waals surface area (Å²) in [6, 6.07) is 0. The van der Waals surface area contributed by atoms with Gasteiger partial charge in [0.15, 0.2) is 0 Å². The van der Waals surface area contributed by atoms with Crippen LogP contribution in [0.2, 0.25) is 0 Å². The van der Waals surface area contributed by atoms with Gasteiger partial charge in [-0.3, -0.25) is 9.35 Å². The Kier molecular flexibility index (Phi) is 23.2. The van der Waals surface area contributed by atoms with Crippen molar-refractivity contribution in [3.8, 4) is 0 Å². The fourth-order valence-electron chi connectivity index (χ4n) is 2.91. The van der Waals surface area contributed by atoms with E-state index in [-0.39, 0.29) is 63.8 Å². The number of allylic oxidation sites excluding steroid dienone is 2. The van der Waals surface area contributed by atoms with Crippen molar-refractivity contribution in [2.45, 2.75) is 96.8 Å². The molecule has 0 fully saturated rings. The van der Waals surface area contributed by atoms with Crippen LogP contribution in [0.5, 0.6) is 0 Å². The number of amides is 1. The first-order chi connectivity index (χ1) is 12.9. The molecule has 0 aromatic heterocycles. The summed E-state index contributed by atoms with van der Waals surface area (Å²) in [6.45, 7) is 2.29. The fraction of sp³-hybridized carbons (Fsp3) is 0.857. The van der Waals surface area contributed by atoms with E-state index in [2.05, 4.69) is 19.1 Å². The average molecular weight is 443 g/mol. The van der Waals surface area contributed by atoms with Crippen molar-refractivity contribution in [3.05, 3.63) is 12.2 Å². The summed E-state index contributed by atoms with van der Waals surface area (Å²) in [5.41, 5.74) is 0. The SMILES string of the molecule is CCCCCCCCC=CCCCCCCCC(=O)N(C)CCS(=O)(=O)O.[K]. The standard InChI is InChI=1S/C21H41NO4S.K/c1-3-4-5-6-7-8-9-10-11-12-13-14-15-16-17-18-21(23)22(2)19-20-27(24,25)26;/h10-11H,3-9,12-20H2,1-2H3,(H,24,25,26);. The largest absolute Gasteiger partial charge is 0.345 e. The van der Waals surface area contributed by atoms with Crippen LogP contribution < -0.4 is 0 Å². The van der Waals surface area contributed by atoms with Gasteiger partial charge in [-0.1, -0.05) is 70.4 Å². The summed E-state index contributed by atoms with van der Waals surface area (Å²) in [7, 11) is -2.43. The Morgan fingerprint density at radius 1 is 0.857 bits per heavy atom. The molecule has 0 aliphatic rings. The molecule has 0 saturated heterocycles. The van der Waals surface area contributed by atoms with E-state index in [4.69, 9.17) is 4.55 Å². The first-order valence-corrected chi connectivity index (χ1v) is 12.3. The molecule has 161 valence electrons. The van der Waals surface area contributed by atoms with Gasteiger partial charge in [0, 0.05) is 71.4 Å². The Labute approximate surface area is 216 Å². The van der Waals surface area contributed by atoms with Crippen LogP contribution in [0.1, 0.15) is 96.8 Å². The molecule has 0 aliphatic heterocycles. The normalized spacial score (nSPS) is 11.5. The molecule has 0 saturated carbocycles. The van der Waals surface area contributed by atoms with E-state index in [1.165, 1.54) is 62.7 Å². The van der Waals surface area contributed by atoms with Gasteiger partial charge in [0.1, 0.15) is 0 Å². The summed E-state index contributed by atoms with van der Waals surface area (Å²) in [5.74, 6) is -0.460. The Bertz CT molecular complexity index is 495. The zero-order valence-corrected chi connectivity index (χ0v) is 22.4. The third-order valence-electron chi connectivity index (χ3n) is 4.76. The Morgan fingerprint density at radius 3 is 1.82 bits per heavy atom. The molecule has 0 unspecified atom stereocenters. The average Bonchev–Trinajstić information content (AvgIpc) is 2.62. The minimum atomic E-state index is -4.00. The number of carbonyl (C=O) groups excluding carboxylic acids is 1. The van der Waals surface area contributed by atoms with Crippen molar-refractivity contribution in [1.29, 1.82) is 0 Å². The van der Waals surface area contributed by atoms with E-state index in [0.29, 0.717) is 6.42 Å². The van der Waals surface area contributed by atoms with Crippen molar-refractivity contribution in [1.82, 2.24) is 4.90 Å². The van der Waals surface area contributed by atoms with E-state index in [1.807, 2.05) is 0 Å². The van der Waals surface area contributed by atoms with Gasteiger partial charge < -0.3 is 4.90 Å². The van der Waals surface area contributed by atoms with E-state index in [9.17, 15) is 13.2 Å². The summed E-state index contributed by atoms with van der Waals surface area (Å²) in [6.07, 6.45) is 20.9. The molecular weight excluding hydrogens is 401 g/mol. The van der Waals surface area contributed by atoms with Gasteiger partial charge in [0.25, 0.3) is 10.1 Å². The predicted molar refractivity (Wildman–Crippen MR) is 119 cm³/mol. The predicted octanol–water partition coefficient (Wildman–Crippen LogP) is 4.99. The second-order valence-electron chi connectivity index (χ2n) is 7.44. The van der Waals surface area contributed by atoms with E-state index < -0.39 is 15.9 Å². The molecule has 0 bridgehead atoms. The smallest absolute Gasteiger partial charge is 0.266 e. The molecule has 0 aromatic rings. The van der Waals surface area contributed by atoms with Crippen molar-refractivity contribution in [3.63, 3.8) is 0 Å². The van der Waals surface area contributed by atoms with Crippen LogP contribution in [0, 0.1) is 0 Å². The molecule has 28 heavy (non-hydrogen) atoms. The van der Waals surface area contributed by atoms with Crippen LogP contribution >= 0.6 is 0 Å². The zero-order chi connectivity index (χ0) is 20.4. The maximum atomic E-state index is 11.8. The maximum Gasteiger partial charge on any atom is 0.266 e.